The minimum absolute atomic E-state index is 0.0273. The third-order valence-corrected chi connectivity index (χ3v) is 11.4. The number of halogens is 3. The van der Waals surface area contributed by atoms with Crippen LogP contribution in [0.15, 0.2) is 60.7 Å². The summed E-state index contributed by atoms with van der Waals surface area (Å²) in [5.41, 5.74) is 4.44. The molecule has 46 heavy (non-hydrogen) atoms. The molecule has 2 saturated heterocycles. The number of rotatable bonds is 6. The zero-order valence-corrected chi connectivity index (χ0v) is 27.9. The number of carbonyl (C=O) groups excluding carboxylic acids is 3. The fourth-order valence-electron chi connectivity index (χ4n) is 7.51. The number of benzene rings is 3. The molecule has 1 atom stereocenters. The van der Waals surface area contributed by atoms with Crippen LogP contribution in [-0.4, -0.2) is 64.8 Å². The van der Waals surface area contributed by atoms with Gasteiger partial charge < -0.3 is 20.0 Å². The van der Waals surface area contributed by atoms with E-state index >= 15 is 0 Å². The van der Waals surface area contributed by atoms with Gasteiger partial charge >= 0.3 is 6.03 Å². The second-order valence-electron chi connectivity index (χ2n) is 13.3. The molecule has 1 N–H and O–H groups in total. The van der Waals surface area contributed by atoms with Crippen LogP contribution in [0.4, 0.5) is 4.79 Å². The standard InChI is InChI=1S/C36H37Cl3N4O3/c37-29-4-2-1-3-27(29)34(45)43(26-9-10-26)32-12-8-24-6-7-25(20-28(24)32)33(44)42-18-15-36(22-42)13-16-41(17-14-36)35(46)40-21-23-5-11-30(38)31(39)19-23/h1-7,11,19-20,26,32H,8-10,12-18,21-22H2,(H,40,46). The molecule has 3 aromatic rings. The summed E-state index contributed by atoms with van der Waals surface area (Å²) >= 11 is 18.6. The molecule has 0 aromatic heterocycles. The van der Waals surface area contributed by atoms with E-state index in [0.717, 1.165) is 56.1 Å². The molecule has 240 valence electrons. The fourth-order valence-corrected chi connectivity index (χ4v) is 8.05. The van der Waals surface area contributed by atoms with Crippen LogP contribution in [0.5, 0.6) is 0 Å². The highest BCUT2D eigenvalue weighted by molar-refractivity contribution is 6.42. The molecule has 3 fully saturated rings. The van der Waals surface area contributed by atoms with Gasteiger partial charge in [0.2, 0.25) is 0 Å². The summed E-state index contributed by atoms with van der Waals surface area (Å²) < 4.78 is 0. The normalized spacial score (nSPS) is 20.1. The molecular formula is C36H37Cl3N4O3. The van der Waals surface area contributed by atoms with Gasteiger partial charge in [-0.05, 0) is 103 Å². The second kappa shape index (κ2) is 12.7. The molecular weight excluding hydrogens is 643 g/mol. The molecule has 7 rings (SSSR count). The molecule has 4 amide bonds. The van der Waals surface area contributed by atoms with Gasteiger partial charge in [0.05, 0.1) is 26.7 Å². The Kier molecular flexibility index (Phi) is 8.68. The number of hydrogen-bond acceptors (Lipinski definition) is 3. The number of aryl methyl sites for hydroxylation is 1. The third kappa shape index (κ3) is 6.22. The number of amides is 4. The average molecular weight is 680 g/mol. The van der Waals surface area contributed by atoms with Crippen molar-refractivity contribution in [2.24, 2.45) is 5.41 Å². The second-order valence-corrected chi connectivity index (χ2v) is 14.5. The monoisotopic (exact) mass is 678 g/mol. The van der Waals surface area contributed by atoms with Gasteiger partial charge in [0.25, 0.3) is 11.8 Å². The first kappa shape index (κ1) is 31.3. The van der Waals surface area contributed by atoms with Crippen LogP contribution in [-0.2, 0) is 13.0 Å². The van der Waals surface area contributed by atoms with Crippen LogP contribution in [0.1, 0.15) is 82.0 Å². The van der Waals surface area contributed by atoms with Crippen molar-refractivity contribution in [3.8, 4) is 0 Å². The summed E-state index contributed by atoms with van der Waals surface area (Å²) in [7, 11) is 0. The number of urea groups is 1. The molecule has 10 heteroatoms. The first-order valence-electron chi connectivity index (χ1n) is 16.2. The lowest BCUT2D eigenvalue weighted by Crippen LogP contribution is -2.48. The predicted octanol–water partition coefficient (Wildman–Crippen LogP) is 7.78. The molecule has 1 spiro atoms. The van der Waals surface area contributed by atoms with E-state index < -0.39 is 0 Å². The smallest absolute Gasteiger partial charge is 0.317 e. The maximum atomic E-state index is 13.9. The van der Waals surface area contributed by atoms with Crippen LogP contribution in [0.25, 0.3) is 0 Å². The quantitative estimate of drug-likeness (QED) is 0.289. The number of nitrogens with zero attached hydrogens (tertiary/aromatic N) is 3. The van der Waals surface area contributed by atoms with Gasteiger partial charge in [0, 0.05) is 44.3 Å². The van der Waals surface area contributed by atoms with Gasteiger partial charge in [-0.25, -0.2) is 4.79 Å². The van der Waals surface area contributed by atoms with Crippen LogP contribution in [0, 0.1) is 5.41 Å². The summed E-state index contributed by atoms with van der Waals surface area (Å²) in [6.07, 6.45) is 6.39. The first-order chi connectivity index (χ1) is 22.2. The maximum absolute atomic E-state index is 13.9. The Morgan fingerprint density at radius 2 is 1.57 bits per heavy atom. The lowest BCUT2D eigenvalue weighted by atomic mass is 9.78. The van der Waals surface area contributed by atoms with E-state index in [0.29, 0.717) is 58.9 Å². The zero-order chi connectivity index (χ0) is 32.0. The maximum Gasteiger partial charge on any atom is 0.317 e. The number of nitrogens with one attached hydrogen (secondary N) is 1. The Morgan fingerprint density at radius 1 is 0.826 bits per heavy atom. The Labute approximate surface area is 284 Å². The van der Waals surface area contributed by atoms with Crippen molar-refractivity contribution in [3.63, 3.8) is 0 Å². The van der Waals surface area contributed by atoms with Crippen LogP contribution >= 0.6 is 34.8 Å². The van der Waals surface area contributed by atoms with Gasteiger partial charge in [0.15, 0.2) is 0 Å². The Bertz CT molecular complexity index is 1680. The van der Waals surface area contributed by atoms with E-state index in [-0.39, 0.29) is 35.3 Å². The largest absolute Gasteiger partial charge is 0.338 e. The predicted molar refractivity (Wildman–Crippen MR) is 181 cm³/mol. The van der Waals surface area contributed by atoms with E-state index in [2.05, 4.69) is 11.4 Å². The summed E-state index contributed by atoms with van der Waals surface area (Å²) in [4.78, 5) is 46.4. The van der Waals surface area contributed by atoms with Gasteiger partial charge in [-0.2, -0.15) is 0 Å². The number of piperidine rings is 1. The SMILES string of the molecule is O=C(NCc1ccc(Cl)c(Cl)c1)N1CCC2(CC1)CCN(C(=O)c1ccc3c(c1)C(N(C(=O)c1ccccc1Cl)C1CC1)CC3)C2. The van der Waals surface area contributed by atoms with Gasteiger partial charge in [-0.3, -0.25) is 9.59 Å². The van der Waals surface area contributed by atoms with E-state index in [1.54, 1.807) is 24.3 Å². The lowest BCUT2D eigenvalue weighted by Gasteiger charge is -2.39. The third-order valence-electron chi connectivity index (χ3n) is 10.3. The summed E-state index contributed by atoms with van der Waals surface area (Å²) in [6, 6.07) is 18.7. The highest BCUT2D eigenvalue weighted by Gasteiger charge is 2.44. The van der Waals surface area contributed by atoms with Crippen molar-refractivity contribution in [2.75, 3.05) is 26.2 Å². The molecule has 1 saturated carbocycles. The molecule has 2 heterocycles. The fraction of sp³-hybridized carbons (Fsp3) is 0.417. The molecule has 7 nitrogen and oxygen atoms in total. The van der Waals surface area contributed by atoms with E-state index in [1.165, 1.54) is 5.56 Å². The highest BCUT2D eigenvalue weighted by atomic mass is 35.5. The van der Waals surface area contributed by atoms with Gasteiger partial charge in [-0.1, -0.05) is 59.1 Å². The minimum atomic E-state index is -0.0900. The van der Waals surface area contributed by atoms with Crippen molar-refractivity contribution in [2.45, 2.75) is 63.6 Å². The van der Waals surface area contributed by atoms with Crippen molar-refractivity contribution < 1.29 is 14.4 Å². The van der Waals surface area contributed by atoms with E-state index in [1.807, 2.05) is 45.0 Å². The van der Waals surface area contributed by atoms with Gasteiger partial charge in [-0.15, -0.1) is 0 Å². The van der Waals surface area contributed by atoms with E-state index in [9.17, 15) is 14.4 Å². The molecule has 2 aliphatic carbocycles. The minimum Gasteiger partial charge on any atom is -0.338 e. The number of hydrogen-bond donors (Lipinski definition) is 1. The molecule has 2 aliphatic heterocycles. The molecule has 0 bridgehead atoms. The Hall–Kier alpha value is -3.26. The number of fused-ring (bicyclic) bond motifs is 1. The van der Waals surface area contributed by atoms with Crippen LogP contribution in [0.3, 0.4) is 0 Å². The van der Waals surface area contributed by atoms with E-state index in [4.69, 9.17) is 34.8 Å². The first-order valence-corrected chi connectivity index (χ1v) is 17.3. The van der Waals surface area contributed by atoms with Crippen molar-refractivity contribution in [1.29, 1.82) is 0 Å². The summed E-state index contributed by atoms with van der Waals surface area (Å²) in [5, 5.41) is 4.42. The zero-order valence-electron chi connectivity index (χ0n) is 25.6. The van der Waals surface area contributed by atoms with Crippen molar-refractivity contribution >= 4 is 52.6 Å². The Morgan fingerprint density at radius 3 is 2.28 bits per heavy atom. The van der Waals surface area contributed by atoms with Crippen LogP contribution in [0.2, 0.25) is 15.1 Å². The number of carbonyl (C=O) groups is 3. The topological polar surface area (TPSA) is 73.0 Å². The Balaban J connectivity index is 0.983. The molecule has 0 radical (unpaired) electrons. The average Bonchev–Trinajstić information content (AvgIpc) is 3.69. The molecule has 4 aliphatic rings. The molecule has 3 aromatic carbocycles. The summed E-state index contributed by atoms with van der Waals surface area (Å²) in [5.74, 6) is 0.0149. The lowest BCUT2D eigenvalue weighted by molar-refractivity contribution is 0.0658. The highest BCUT2D eigenvalue weighted by Crippen LogP contribution is 2.44. The van der Waals surface area contributed by atoms with Crippen LogP contribution < -0.4 is 5.32 Å². The molecule has 1 unspecified atom stereocenters. The number of likely N-dealkylation sites (tertiary alicyclic amines) is 2. The van der Waals surface area contributed by atoms with Crippen molar-refractivity contribution in [1.82, 2.24) is 20.0 Å². The van der Waals surface area contributed by atoms with Gasteiger partial charge in [0.1, 0.15) is 0 Å². The van der Waals surface area contributed by atoms with Crippen molar-refractivity contribution in [3.05, 3.63) is 104 Å². The summed E-state index contributed by atoms with van der Waals surface area (Å²) in [6.45, 7) is 3.11.